The van der Waals surface area contributed by atoms with E-state index in [1.54, 1.807) is 0 Å². The van der Waals surface area contributed by atoms with E-state index < -0.39 is 5.60 Å². The van der Waals surface area contributed by atoms with Crippen molar-refractivity contribution >= 4 is 9.39 Å². The Labute approximate surface area is 58.5 Å². The van der Waals surface area contributed by atoms with Crippen molar-refractivity contribution in [3.05, 3.63) is 0 Å². The van der Waals surface area contributed by atoms with Gasteiger partial charge in [0.2, 0.25) is 0 Å². The second-order valence-electron chi connectivity index (χ2n) is 3.16. The molecule has 1 N–H and O–H groups in total. The fourth-order valence-electron chi connectivity index (χ4n) is 1.02. The molecule has 0 spiro atoms. The third kappa shape index (κ3) is 1.26. The van der Waals surface area contributed by atoms with Crippen LogP contribution in [0.2, 0.25) is 0 Å². The first-order chi connectivity index (χ1) is 4.04. The molecule has 0 aromatic heterocycles. The maximum atomic E-state index is 9.60. The SMILES string of the molecule is CC(C)C1(O)CN(P)C1. The summed E-state index contributed by atoms with van der Waals surface area (Å²) in [6.07, 6.45) is 0. The highest BCUT2D eigenvalue weighted by Crippen LogP contribution is 2.30. The number of rotatable bonds is 1. The molecule has 1 saturated heterocycles. The van der Waals surface area contributed by atoms with Crippen molar-refractivity contribution in [3.8, 4) is 0 Å². The van der Waals surface area contributed by atoms with Crippen LogP contribution < -0.4 is 0 Å². The summed E-state index contributed by atoms with van der Waals surface area (Å²) in [7, 11) is 2.58. The average Bonchev–Trinajstić information content (AvgIpc) is 1.62. The molecular weight excluding hydrogens is 133 g/mol. The van der Waals surface area contributed by atoms with Crippen molar-refractivity contribution in [1.82, 2.24) is 4.67 Å². The molecule has 1 aliphatic heterocycles. The van der Waals surface area contributed by atoms with Gasteiger partial charge in [0.05, 0.1) is 5.60 Å². The van der Waals surface area contributed by atoms with Crippen LogP contribution in [-0.2, 0) is 0 Å². The minimum atomic E-state index is -0.401. The van der Waals surface area contributed by atoms with Crippen molar-refractivity contribution in [3.63, 3.8) is 0 Å². The van der Waals surface area contributed by atoms with Crippen LogP contribution in [0.15, 0.2) is 0 Å². The highest BCUT2D eigenvalue weighted by Gasteiger charge is 2.41. The third-order valence-electron chi connectivity index (χ3n) is 2.03. The van der Waals surface area contributed by atoms with E-state index in [1.807, 2.05) is 4.67 Å². The molecule has 0 aromatic rings. The molecular formula is C6H14NOP. The fraction of sp³-hybridized carbons (Fsp3) is 1.00. The Kier molecular flexibility index (Phi) is 1.81. The zero-order chi connectivity index (χ0) is 7.07. The van der Waals surface area contributed by atoms with Crippen LogP contribution in [0.4, 0.5) is 0 Å². The van der Waals surface area contributed by atoms with Crippen LogP contribution in [0.5, 0.6) is 0 Å². The molecule has 1 heterocycles. The quantitative estimate of drug-likeness (QED) is 0.545. The largest absolute Gasteiger partial charge is 0.387 e. The Balaban J connectivity index is 2.40. The van der Waals surface area contributed by atoms with Gasteiger partial charge >= 0.3 is 0 Å². The lowest BCUT2D eigenvalue weighted by atomic mass is 9.85. The molecule has 1 unspecified atom stereocenters. The molecule has 1 rings (SSSR count). The van der Waals surface area contributed by atoms with Gasteiger partial charge in [-0.25, -0.2) is 0 Å². The topological polar surface area (TPSA) is 23.5 Å². The van der Waals surface area contributed by atoms with Gasteiger partial charge in [-0.3, -0.25) is 4.67 Å². The summed E-state index contributed by atoms with van der Waals surface area (Å²) in [5.41, 5.74) is -0.401. The van der Waals surface area contributed by atoms with Gasteiger partial charge in [-0.15, -0.1) is 0 Å². The monoisotopic (exact) mass is 147 g/mol. The van der Waals surface area contributed by atoms with Crippen molar-refractivity contribution in [2.24, 2.45) is 5.92 Å². The second-order valence-corrected chi connectivity index (χ2v) is 3.89. The molecule has 1 fully saturated rings. The predicted octanol–water partition coefficient (Wildman–Crippen LogP) is 0.479. The summed E-state index contributed by atoms with van der Waals surface area (Å²) in [4.78, 5) is 0. The smallest absolute Gasteiger partial charge is 0.0929 e. The minimum absolute atomic E-state index is 0.384. The molecule has 9 heavy (non-hydrogen) atoms. The maximum Gasteiger partial charge on any atom is 0.0929 e. The summed E-state index contributed by atoms with van der Waals surface area (Å²) in [5, 5.41) is 9.60. The van der Waals surface area contributed by atoms with Gasteiger partial charge in [0.25, 0.3) is 0 Å². The maximum absolute atomic E-state index is 9.60. The number of nitrogens with zero attached hydrogens (tertiary/aromatic N) is 1. The minimum Gasteiger partial charge on any atom is -0.387 e. The Morgan fingerprint density at radius 1 is 1.56 bits per heavy atom. The molecule has 1 aliphatic rings. The molecule has 2 nitrogen and oxygen atoms in total. The van der Waals surface area contributed by atoms with E-state index in [1.165, 1.54) is 0 Å². The normalized spacial score (nSPS) is 26.3. The van der Waals surface area contributed by atoms with E-state index in [2.05, 4.69) is 23.2 Å². The number of hydrogen-bond acceptors (Lipinski definition) is 2. The summed E-state index contributed by atoms with van der Waals surface area (Å²) < 4.78 is 2.04. The van der Waals surface area contributed by atoms with Gasteiger partial charge in [-0.2, -0.15) is 0 Å². The van der Waals surface area contributed by atoms with E-state index in [0.29, 0.717) is 5.92 Å². The molecule has 54 valence electrons. The Morgan fingerprint density at radius 3 is 2.11 bits per heavy atom. The van der Waals surface area contributed by atoms with Crippen LogP contribution in [0, 0.1) is 5.92 Å². The van der Waals surface area contributed by atoms with Gasteiger partial charge in [-0.1, -0.05) is 23.2 Å². The highest BCUT2D eigenvalue weighted by atomic mass is 31.0. The Hall–Kier alpha value is 0.350. The van der Waals surface area contributed by atoms with Crippen molar-refractivity contribution in [2.75, 3.05) is 13.1 Å². The van der Waals surface area contributed by atoms with Crippen LogP contribution in [0.1, 0.15) is 13.8 Å². The van der Waals surface area contributed by atoms with Crippen LogP contribution >= 0.6 is 9.39 Å². The van der Waals surface area contributed by atoms with Crippen molar-refractivity contribution < 1.29 is 5.11 Å². The van der Waals surface area contributed by atoms with Crippen molar-refractivity contribution in [2.45, 2.75) is 19.4 Å². The molecule has 0 aliphatic carbocycles. The van der Waals surface area contributed by atoms with Gasteiger partial charge in [0, 0.05) is 13.1 Å². The summed E-state index contributed by atoms with van der Waals surface area (Å²) >= 11 is 0. The standard InChI is InChI=1S/C6H14NOP/c1-5(2)6(8)3-7(9)4-6/h5,8H,3-4,9H2,1-2H3. The third-order valence-corrected chi connectivity index (χ3v) is 2.39. The first kappa shape index (κ1) is 7.46. The molecule has 0 aromatic carbocycles. The van der Waals surface area contributed by atoms with E-state index in [0.717, 1.165) is 13.1 Å². The van der Waals surface area contributed by atoms with E-state index in [-0.39, 0.29) is 0 Å². The summed E-state index contributed by atoms with van der Waals surface area (Å²) in [6.45, 7) is 5.71. The Morgan fingerprint density at radius 2 is 2.00 bits per heavy atom. The van der Waals surface area contributed by atoms with Gasteiger partial charge in [0.15, 0.2) is 0 Å². The number of hydrogen-bond donors (Lipinski definition) is 1. The van der Waals surface area contributed by atoms with Crippen LogP contribution in [-0.4, -0.2) is 28.5 Å². The molecule has 0 radical (unpaired) electrons. The first-order valence-corrected chi connectivity index (χ1v) is 3.78. The zero-order valence-electron chi connectivity index (χ0n) is 5.96. The predicted molar refractivity (Wildman–Crippen MR) is 41.1 cm³/mol. The molecule has 0 bridgehead atoms. The van der Waals surface area contributed by atoms with E-state index >= 15 is 0 Å². The van der Waals surface area contributed by atoms with Crippen LogP contribution in [0.25, 0.3) is 0 Å². The average molecular weight is 147 g/mol. The summed E-state index contributed by atoms with van der Waals surface area (Å²) in [6, 6.07) is 0. The molecule has 0 amide bonds. The molecule has 0 saturated carbocycles. The van der Waals surface area contributed by atoms with Crippen LogP contribution in [0.3, 0.4) is 0 Å². The molecule has 3 heteroatoms. The Bertz CT molecular complexity index is 110. The number of β-amino-alcohol motifs (C(OH)–C–C–N with tert-alkyl or cyclic N) is 1. The molecule has 1 atom stereocenters. The van der Waals surface area contributed by atoms with E-state index in [4.69, 9.17) is 0 Å². The highest BCUT2D eigenvalue weighted by molar-refractivity contribution is 7.13. The van der Waals surface area contributed by atoms with E-state index in [9.17, 15) is 5.11 Å². The zero-order valence-corrected chi connectivity index (χ0v) is 7.12. The first-order valence-electron chi connectivity index (χ1n) is 3.26. The lowest BCUT2D eigenvalue weighted by Gasteiger charge is -2.47. The van der Waals surface area contributed by atoms with Crippen molar-refractivity contribution in [1.29, 1.82) is 0 Å². The fourth-order valence-corrected chi connectivity index (χ4v) is 1.65. The van der Waals surface area contributed by atoms with Gasteiger partial charge in [0.1, 0.15) is 0 Å². The lowest BCUT2D eigenvalue weighted by molar-refractivity contribution is -0.0900. The summed E-state index contributed by atoms with van der Waals surface area (Å²) in [5.74, 6) is 0.384. The second kappa shape index (κ2) is 2.19. The lowest BCUT2D eigenvalue weighted by Crippen LogP contribution is -2.60. The van der Waals surface area contributed by atoms with Gasteiger partial charge < -0.3 is 5.11 Å². The van der Waals surface area contributed by atoms with Gasteiger partial charge in [-0.05, 0) is 5.92 Å². The number of aliphatic hydroxyl groups is 1.